The van der Waals surface area contributed by atoms with Crippen molar-refractivity contribution < 1.29 is 8.91 Å². The molecule has 0 bridgehead atoms. The first kappa shape index (κ1) is 14.1. The van der Waals surface area contributed by atoms with Gasteiger partial charge in [-0.1, -0.05) is 25.9 Å². The van der Waals surface area contributed by atoms with Crippen LogP contribution in [0.5, 0.6) is 0 Å². The Morgan fingerprint density at radius 2 is 2.05 bits per heavy atom. The first-order chi connectivity index (χ1) is 8.79. The molecule has 0 unspecified atom stereocenters. The Morgan fingerprint density at radius 1 is 1.37 bits per heavy atom. The van der Waals surface area contributed by atoms with Gasteiger partial charge < -0.3 is 10.3 Å². The van der Waals surface area contributed by atoms with Gasteiger partial charge in [0.15, 0.2) is 0 Å². The molecule has 0 radical (unpaired) electrons. The van der Waals surface area contributed by atoms with Crippen molar-refractivity contribution in [2.45, 2.75) is 26.8 Å². The molecule has 1 aromatic heterocycles. The van der Waals surface area contributed by atoms with E-state index >= 15 is 0 Å². The molecule has 2 aromatic rings. The van der Waals surface area contributed by atoms with Gasteiger partial charge in [-0.3, -0.25) is 0 Å². The minimum Gasteiger partial charge on any atom is -0.337 e. The Bertz CT molecular complexity index is 592. The maximum atomic E-state index is 13.2. The van der Waals surface area contributed by atoms with Crippen LogP contribution in [0, 0.1) is 11.2 Å². The van der Waals surface area contributed by atoms with Crippen LogP contribution in [-0.4, -0.2) is 10.1 Å². The molecule has 0 aliphatic rings. The predicted molar refractivity (Wildman–Crippen MR) is 73.8 cm³/mol. The van der Waals surface area contributed by atoms with E-state index in [1.165, 1.54) is 6.07 Å². The van der Waals surface area contributed by atoms with E-state index in [4.69, 9.17) is 10.3 Å². The van der Waals surface area contributed by atoms with Crippen molar-refractivity contribution in [3.8, 4) is 11.4 Å². The highest BCUT2D eigenvalue weighted by atomic mass is 79.9. The lowest BCUT2D eigenvalue weighted by Crippen LogP contribution is -2.26. The maximum Gasteiger partial charge on any atom is 0.244 e. The summed E-state index contributed by atoms with van der Waals surface area (Å²) in [5.74, 6) is 0.442. The van der Waals surface area contributed by atoms with Crippen molar-refractivity contribution >= 4 is 15.9 Å². The van der Waals surface area contributed by atoms with Crippen LogP contribution < -0.4 is 5.73 Å². The summed E-state index contributed by atoms with van der Waals surface area (Å²) in [7, 11) is 0. The Labute approximate surface area is 119 Å². The fourth-order valence-corrected chi connectivity index (χ4v) is 1.86. The lowest BCUT2D eigenvalue weighted by atomic mass is 9.87. The first-order valence-electron chi connectivity index (χ1n) is 5.83. The Morgan fingerprint density at radius 3 is 2.63 bits per heavy atom. The van der Waals surface area contributed by atoms with Crippen LogP contribution in [0.25, 0.3) is 11.4 Å². The largest absolute Gasteiger partial charge is 0.337 e. The predicted octanol–water partition coefficient (Wildman–Crippen LogP) is 3.68. The summed E-state index contributed by atoms with van der Waals surface area (Å²) in [6, 6.07) is 4.20. The van der Waals surface area contributed by atoms with E-state index in [1.54, 1.807) is 12.1 Å². The van der Waals surface area contributed by atoms with Crippen LogP contribution in [0.4, 0.5) is 4.39 Å². The number of nitrogens with zero attached hydrogens (tertiary/aromatic N) is 2. The molecule has 1 aromatic carbocycles. The normalized spacial score (nSPS) is 13.6. The zero-order valence-corrected chi connectivity index (χ0v) is 12.5. The Kier molecular flexibility index (Phi) is 3.73. The number of hydrogen-bond donors (Lipinski definition) is 1. The third-order valence-electron chi connectivity index (χ3n) is 2.82. The molecule has 0 aliphatic heterocycles. The zero-order valence-electron chi connectivity index (χ0n) is 10.9. The van der Waals surface area contributed by atoms with Gasteiger partial charge in [0, 0.05) is 5.56 Å². The van der Waals surface area contributed by atoms with Crippen molar-refractivity contribution in [1.82, 2.24) is 10.1 Å². The van der Waals surface area contributed by atoms with Gasteiger partial charge >= 0.3 is 0 Å². The fraction of sp³-hybridized carbons (Fsp3) is 0.385. The van der Waals surface area contributed by atoms with E-state index in [9.17, 15) is 4.39 Å². The molecule has 0 amide bonds. The second-order valence-electron chi connectivity index (χ2n) is 5.43. The maximum absolute atomic E-state index is 13.2. The van der Waals surface area contributed by atoms with Gasteiger partial charge in [0.25, 0.3) is 0 Å². The van der Waals surface area contributed by atoms with Crippen LogP contribution in [0.15, 0.2) is 27.2 Å². The molecule has 102 valence electrons. The highest BCUT2D eigenvalue weighted by Crippen LogP contribution is 2.31. The summed E-state index contributed by atoms with van der Waals surface area (Å²) in [6.45, 7) is 5.99. The highest BCUT2D eigenvalue weighted by molar-refractivity contribution is 9.10. The molecule has 0 aliphatic carbocycles. The summed E-state index contributed by atoms with van der Waals surface area (Å²) >= 11 is 3.12. The number of halogens is 2. The van der Waals surface area contributed by atoms with Crippen molar-refractivity contribution in [1.29, 1.82) is 0 Å². The smallest absolute Gasteiger partial charge is 0.244 e. The average Bonchev–Trinajstić information content (AvgIpc) is 2.79. The Hall–Kier alpha value is -1.27. The minimum absolute atomic E-state index is 0.173. The summed E-state index contributed by atoms with van der Waals surface area (Å²) in [5.41, 5.74) is 6.55. The van der Waals surface area contributed by atoms with Crippen molar-refractivity contribution in [2.75, 3.05) is 0 Å². The number of hydrogen-bond acceptors (Lipinski definition) is 4. The SMILES string of the molecule is CC(C)(C)[C@H](N)c1nc(-c2ccc(F)c(Br)c2)no1. The van der Waals surface area contributed by atoms with Gasteiger partial charge in [0.2, 0.25) is 11.7 Å². The van der Waals surface area contributed by atoms with Gasteiger partial charge in [0.05, 0.1) is 10.5 Å². The molecule has 2 N–H and O–H groups in total. The van der Waals surface area contributed by atoms with Crippen molar-refractivity contribution in [3.63, 3.8) is 0 Å². The average molecular weight is 328 g/mol. The molecule has 19 heavy (non-hydrogen) atoms. The molecule has 1 atom stereocenters. The summed E-state index contributed by atoms with van der Waals surface area (Å²) < 4.78 is 18.7. The molecular weight excluding hydrogens is 313 g/mol. The highest BCUT2D eigenvalue weighted by Gasteiger charge is 2.27. The molecule has 1 heterocycles. The lowest BCUT2D eigenvalue weighted by Gasteiger charge is -2.23. The van der Waals surface area contributed by atoms with Crippen LogP contribution in [-0.2, 0) is 0 Å². The molecule has 0 saturated carbocycles. The quantitative estimate of drug-likeness (QED) is 0.913. The zero-order chi connectivity index (χ0) is 14.2. The minimum atomic E-state index is -0.349. The van der Waals surface area contributed by atoms with E-state index < -0.39 is 0 Å². The molecule has 0 saturated heterocycles. The number of nitrogens with two attached hydrogens (primary N) is 1. The molecule has 6 heteroatoms. The summed E-state index contributed by atoms with van der Waals surface area (Å²) in [4.78, 5) is 4.27. The second-order valence-corrected chi connectivity index (χ2v) is 6.28. The van der Waals surface area contributed by atoms with Gasteiger partial charge in [0.1, 0.15) is 5.82 Å². The lowest BCUT2D eigenvalue weighted by molar-refractivity contribution is 0.253. The monoisotopic (exact) mass is 327 g/mol. The van der Waals surface area contributed by atoms with E-state index in [0.717, 1.165) is 0 Å². The van der Waals surface area contributed by atoms with E-state index in [0.29, 0.717) is 21.8 Å². The fourth-order valence-electron chi connectivity index (χ4n) is 1.48. The molecule has 4 nitrogen and oxygen atoms in total. The number of rotatable bonds is 2. The Balaban J connectivity index is 2.33. The molecule has 0 spiro atoms. The third kappa shape index (κ3) is 3.01. The van der Waals surface area contributed by atoms with Crippen LogP contribution in [0.1, 0.15) is 32.7 Å². The topological polar surface area (TPSA) is 64.9 Å². The van der Waals surface area contributed by atoms with Crippen LogP contribution in [0.3, 0.4) is 0 Å². The summed E-state index contributed by atoms with van der Waals surface area (Å²) in [6.07, 6.45) is 0. The molecular formula is C13H15BrFN3O. The number of benzene rings is 1. The molecule has 0 fully saturated rings. The first-order valence-corrected chi connectivity index (χ1v) is 6.63. The second kappa shape index (κ2) is 5.02. The van der Waals surface area contributed by atoms with Crippen molar-refractivity contribution in [2.24, 2.45) is 11.1 Å². The summed E-state index contributed by atoms with van der Waals surface area (Å²) in [5, 5.41) is 3.88. The van der Waals surface area contributed by atoms with E-state index in [1.807, 2.05) is 20.8 Å². The third-order valence-corrected chi connectivity index (χ3v) is 3.43. The molecule has 2 rings (SSSR count). The van der Waals surface area contributed by atoms with Gasteiger partial charge in [-0.05, 0) is 39.5 Å². The van der Waals surface area contributed by atoms with Crippen LogP contribution >= 0.6 is 15.9 Å². The van der Waals surface area contributed by atoms with Gasteiger partial charge in [-0.15, -0.1) is 0 Å². The standard InChI is InChI=1S/C13H15BrFN3O/c1-13(2,3)10(16)12-17-11(18-19-12)7-4-5-9(15)8(14)6-7/h4-6,10H,16H2,1-3H3/t10-/m1/s1. The van der Waals surface area contributed by atoms with Crippen molar-refractivity contribution in [3.05, 3.63) is 34.4 Å². The van der Waals surface area contributed by atoms with Crippen LogP contribution in [0.2, 0.25) is 0 Å². The van der Waals surface area contributed by atoms with E-state index in [2.05, 4.69) is 26.1 Å². The van der Waals surface area contributed by atoms with Gasteiger partial charge in [-0.25, -0.2) is 4.39 Å². The van der Waals surface area contributed by atoms with E-state index in [-0.39, 0.29) is 17.3 Å². The number of aromatic nitrogens is 2. The van der Waals surface area contributed by atoms with Gasteiger partial charge in [-0.2, -0.15) is 4.98 Å².